The topological polar surface area (TPSA) is 72.0 Å². The van der Waals surface area contributed by atoms with Gasteiger partial charge in [-0.25, -0.2) is 0 Å². The zero-order valence-corrected chi connectivity index (χ0v) is 14.7. The van der Waals surface area contributed by atoms with Crippen LogP contribution in [0.5, 0.6) is 0 Å². The van der Waals surface area contributed by atoms with Crippen LogP contribution in [0.3, 0.4) is 0 Å². The second-order valence-corrected chi connectivity index (χ2v) is 5.77. The predicted molar refractivity (Wildman–Crippen MR) is 92.9 cm³/mol. The standard InChI is InChI=1S/C9H5Cl3N4.C5H11NO/c10-5-3-1-2-4-6(5)13-9-15-7(11)14-8(12)16-9;1-5-4-6-2-3-7-5/h1-4H,(H,13,14,15,16);5-6H,2-4H2,1H3. The Bertz CT molecular complexity index is 617. The third-order valence-corrected chi connectivity index (χ3v) is 3.48. The van der Waals surface area contributed by atoms with Crippen molar-refractivity contribution in [3.05, 3.63) is 39.9 Å². The van der Waals surface area contributed by atoms with E-state index in [-0.39, 0.29) is 16.5 Å². The second-order valence-electron chi connectivity index (χ2n) is 4.69. The number of hydrogen-bond donors (Lipinski definition) is 2. The Kier molecular flexibility index (Phi) is 7.26. The summed E-state index contributed by atoms with van der Waals surface area (Å²) in [4.78, 5) is 11.4. The van der Waals surface area contributed by atoms with E-state index in [4.69, 9.17) is 39.5 Å². The molecule has 0 bridgehead atoms. The van der Waals surface area contributed by atoms with Crippen molar-refractivity contribution in [3.8, 4) is 0 Å². The molecule has 0 aliphatic carbocycles. The number of aromatic nitrogens is 3. The minimum atomic E-state index is 0.0227. The molecule has 2 heterocycles. The first kappa shape index (κ1) is 18.2. The quantitative estimate of drug-likeness (QED) is 0.835. The van der Waals surface area contributed by atoms with Crippen LogP contribution in [-0.4, -0.2) is 40.8 Å². The molecular formula is C14H16Cl3N5O. The fraction of sp³-hybridized carbons (Fsp3) is 0.357. The Hall–Kier alpha value is -1.18. The first-order valence-corrected chi connectivity index (χ1v) is 8.09. The van der Waals surface area contributed by atoms with Crippen LogP contribution in [-0.2, 0) is 4.74 Å². The van der Waals surface area contributed by atoms with Crippen molar-refractivity contribution in [2.45, 2.75) is 13.0 Å². The monoisotopic (exact) mass is 375 g/mol. The largest absolute Gasteiger partial charge is 0.376 e. The summed E-state index contributed by atoms with van der Waals surface area (Å²) < 4.78 is 5.22. The molecule has 1 atom stereocenters. The van der Waals surface area contributed by atoms with E-state index in [2.05, 4.69) is 32.5 Å². The molecule has 3 rings (SSSR count). The number of nitrogens with zero attached hydrogens (tertiary/aromatic N) is 3. The van der Waals surface area contributed by atoms with Gasteiger partial charge >= 0.3 is 0 Å². The van der Waals surface area contributed by atoms with Crippen LogP contribution in [0, 0.1) is 0 Å². The van der Waals surface area contributed by atoms with Crippen LogP contribution < -0.4 is 10.6 Å². The minimum absolute atomic E-state index is 0.0227. The van der Waals surface area contributed by atoms with E-state index in [0.717, 1.165) is 19.7 Å². The summed E-state index contributed by atoms with van der Waals surface area (Å²) in [6, 6.07) is 7.18. The van der Waals surface area contributed by atoms with Crippen molar-refractivity contribution in [2.75, 3.05) is 25.0 Å². The molecule has 124 valence electrons. The molecule has 1 fully saturated rings. The molecule has 1 unspecified atom stereocenters. The van der Waals surface area contributed by atoms with Crippen molar-refractivity contribution in [1.29, 1.82) is 0 Å². The number of anilines is 2. The molecule has 1 aromatic carbocycles. The normalized spacial score (nSPS) is 17.1. The molecule has 2 aromatic rings. The van der Waals surface area contributed by atoms with Gasteiger partial charge in [0, 0.05) is 13.1 Å². The van der Waals surface area contributed by atoms with Gasteiger partial charge < -0.3 is 15.4 Å². The highest BCUT2D eigenvalue weighted by Gasteiger charge is 2.05. The van der Waals surface area contributed by atoms with Gasteiger partial charge in [0.1, 0.15) is 0 Å². The Morgan fingerprint density at radius 3 is 2.35 bits per heavy atom. The summed E-state index contributed by atoms with van der Waals surface area (Å²) in [5, 5.41) is 6.70. The van der Waals surface area contributed by atoms with Crippen LogP contribution in [0.25, 0.3) is 0 Å². The molecule has 23 heavy (non-hydrogen) atoms. The van der Waals surface area contributed by atoms with Crippen molar-refractivity contribution in [1.82, 2.24) is 20.3 Å². The van der Waals surface area contributed by atoms with Crippen LogP contribution in [0.1, 0.15) is 6.92 Å². The highest BCUT2D eigenvalue weighted by Crippen LogP contribution is 2.23. The van der Waals surface area contributed by atoms with Gasteiger partial charge in [-0.05, 0) is 42.3 Å². The number of para-hydroxylation sites is 1. The van der Waals surface area contributed by atoms with Gasteiger partial charge in [-0.1, -0.05) is 23.7 Å². The number of nitrogens with one attached hydrogen (secondary N) is 2. The maximum atomic E-state index is 5.95. The van der Waals surface area contributed by atoms with Crippen molar-refractivity contribution < 1.29 is 4.74 Å². The van der Waals surface area contributed by atoms with Crippen LogP contribution >= 0.6 is 34.8 Å². The van der Waals surface area contributed by atoms with Gasteiger partial charge in [-0.2, -0.15) is 15.0 Å². The molecule has 0 amide bonds. The average molecular weight is 377 g/mol. The zero-order valence-electron chi connectivity index (χ0n) is 12.4. The number of hydrogen-bond acceptors (Lipinski definition) is 6. The van der Waals surface area contributed by atoms with Gasteiger partial charge in [0.15, 0.2) is 0 Å². The molecule has 0 radical (unpaired) electrons. The van der Waals surface area contributed by atoms with Crippen molar-refractivity contribution in [3.63, 3.8) is 0 Å². The van der Waals surface area contributed by atoms with Crippen LogP contribution in [0.15, 0.2) is 24.3 Å². The summed E-state index contributed by atoms with van der Waals surface area (Å²) in [6.45, 7) is 4.98. The second kappa shape index (κ2) is 9.20. The molecule has 0 saturated carbocycles. The average Bonchev–Trinajstić information content (AvgIpc) is 2.50. The summed E-state index contributed by atoms with van der Waals surface area (Å²) >= 11 is 17.2. The van der Waals surface area contributed by atoms with Gasteiger partial charge in [0.2, 0.25) is 16.5 Å². The fourth-order valence-corrected chi connectivity index (χ4v) is 2.31. The first-order valence-electron chi connectivity index (χ1n) is 6.95. The minimum Gasteiger partial charge on any atom is -0.376 e. The van der Waals surface area contributed by atoms with Crippen LogP contribution in [0.2, 0.25) is 15.6 Å². The summed E-state index contributed by atoms with van der Waals surface area (Å²) in [5.41, 5.74) is 0.669. The van der Waals surface area contributed by atoms with Crippen molar-refractivity contribution in [2.24, 2.45) is 0 Å². The summed E-state index contributed by atoms with van der Waals surface area (Å²) in [6.07, 6.45) is 0.425. The summed E-state index contributed by atoms with van der Waals surface area (Å²) in [5.74, 6) is 0.248. The zero-order chi connectivity index (χ0) is 16.7. The molecule has 9 heteroatoms. The number of ether oxygens (including phenoxy) is 1. The molecule has 1 aliphatic heterocycles. The number of benzene rings is 1. The molecule has 6 nitrogen and oxygen atoms in total. The molecule has 1 aromatic heterocycles. The van der Waals surface area contributed by atoms with E-state index in [1.165, 1.54) is 0 Å². The van der Waals surface area contributed by atoms with Crippen molar-refractivity contribution >= 4 is 46.4 Å². The Labute approximate surface area is 149 Å². The maximum Gasteiger partial charge on any atom is 0.232 e. The van der Waals surface area contributed by atoms with Gasteiger partial charge in [-0.3, -0.25) is 0 Å². The lowest BCUT2D eigenvalue weighted by Gasteiger charge is -2.18. The Balaban J connectivity index is 0.000000229. The SMILES string of the molecule is CC1CNCCO1.Clc1nc(Cl)nc(Nc2ccccc2Cl)n1. The lowest BCUT2D eigenvalue weighted by Crippen LogP contribution is -2.36. The van der Waals surface area contributed by atoms with E-state index < -0.39 is 0 Å². The highest BCUT2D eigenvalue weighted by molar-refractivity contribution is 6.33. The number of morpholine rings is 1. The Morgan fingerprint density at radius 2 is 1.83 bits per heavy atom. The number of halogens is 3. The maximum absolute atomic E-state index is 5.95. The smallest absolute Gasteiger partial charge is 0.232 e. The summed E-state index contributed by atoms with van der Waals surface area (Å²) in [7, 11) is 0. The number of rotatable bonds is 2. The predicted octanol–water partition coefficient (Wildman–Crippen LogP) is 3.57. The molecule has 1 saturated heterocycles. The van der Waals surface area contributed by atoms with E-state index >= 15 is 0 Å². The molecule has 1 aliphatic rings. The van der Waals surface area contributed by atoms with E-state index in [1.54, 1.807) is 12.1 Å². The fourth-order valence-electron chi connectivity index (χ4n) is 1.76. The third-order valence-electron chi connectivity index (χ3n) is 2.81. The Morgan fingerprint density at radius 1 is 1.13 bits per heavy atom. The lowest BCUT2D eigenvalue weighted by atomic mass is 10.3. The third kappa shape index (κ3) is 6.45. The van der Waals surface area contributed by atoms with Gasteiger partial charge in [-0.15, -0.1) is 0 Å². The van der Waals surface area contributed by atoms with E-state index in [9.17, 15) is 0 Å². The van der Waals surface area contributed by atoms with Crippen LogP contribution in [0.4, 0.5) is 11.6 Å². The highest BCUT2D eigenvalue weighted by atomic mass is 35.5. The van der Waals surface area contributed by atoms with E-state index in [1.807, 2.05) is 12.1 Å². The van der Waals surface area contributed by atoms with Gasteiger partial charge in [0.25, 0.3) is 0 Å². The lowest BCUT2D eigenvalue weighted by molar-refractivity contribution is 0.0410. The molecule has 0 spiro atoms. The first-order chi connectivity index (χ1) is 11.0. The van der Waals surface area contributed by atoms with Gasteiger partial charge in [0.05, 0.1) is 23.4 Å². The van der Waals surface area contributed by atoms with E-state index in [0.29, 0.717) is 16.8 Å². The molecule has 2 N–H and O–H groups in total. The molecular weight excluding hydrogens is 361 g/mol.